The van der Waals surface area contributed by atoms with E-state index in [-0.39, 0.29) is 17.9 Å². The molecule has 122 valence electrons. The first-order chi connectivity index (χ1) is 11.1. The average molecular weight is 331 g/mol. The Balaban J connectivity index is 1.65. The summed E-state index contributed by atoms with van der Waals surface area (Å²) in [7, 11) is 1.87. The van der Waals surface area contributed by atoms with E-state index in [1.54, 1.807) is 4.90 Å². The molecule has 0 saturated carbocycles. The van der Waals surface area contributed by atoms with Gasteiger partial charge in [-0.3, -0.25) is 4.79 Å². The molecular formula is C19H23ClN2O. The number of likely N-dealkylation sites (tertiary alicyclic amines) is 2. The summed E-state index contributed by atoms with van der Waals surface area (Å²) in [5.74, 6) is 6.70. The van der Waals surface area contributed by atoms with Crippen LogP contribution in [0.15, 0.2) is 24.3 Å². The Kier molecular flexibility index (Phi) is 5.25. The summed E-state index contributed by atoms with van der Waals surface area (Å²) in [5.41, 5.74) is 0.828. The summed E-state index contributed by atoms with van der Waals surface area (Å²) in [4.78, 5) is 16.7. The van der Waals surface area contributed by atoms with E-state index in [1.807, 2.05) is 31.3 Å². The van der Waals surface area contributed by atoms with Crippen molar-refractivity contribution >= 4 is 17.5 Å². The minimum absolute atomic E-state index is 0.00596. The molecule has 2 fully saturated rings. The third-order valence-corrected chi connectivity index (χ3v) is 5.18. The number of nitrogens with zero attached hydrogens (tertiary/aromatic N) is 2. The van der Waals surface area contributed by atoms with Gasteiger partial charge in [0.1, 0.15) is 0 Å². The third kappa shape index (κ3) is 3.88. The van der Waals surface area contributed by atoms with Gasteiger partial charge in [-0.25, -0.2) is 0 Å². The van der Waals surface area contributed by atoms with Gasteiger partial charge in [0.05, 0.1) is 17.0 Å². The van der Waals surface area contributed by atoms with E-state index in [9.17, 15) is 4.79 Å². The van der Waals surface area contributed by atoms with Crippen LogP contribution in [0.1, 0.15) is 31.2 Å². The highest BCUT2D eigenvalue weighted by Crippen LogP contribution is 2.25. The number of rotatable bonds is 2. The van der Waals surface area contributed by atoms with Crippen molar-refractivity contribution in [1.29, 1.82) is 0 Å². The van der Waals surface area contributed by atoms with Crippen molar-refractivity contribution in [2.24, 2.45) is 5.92 Å². The normalized spacial score (nSPS) is 25.3. The van der Waals surface area contributed by atoms with Gasteiger partial charge in [0.15, 0.2) is 0 Å². The third-order valence-electron chi connectivity index (χ3n) is 4.85. The Morgan fingerprint density at radius 1 is 1.22 bits per heavy atom. The smallest absolute Gasteiger partial charge is 0.227 e. The summed E-state index contributed by atoms with van der Waals surface area (Å²) < 4.78 is 0. The van der Waals surface area contributed by atoms with E-state index >= 15 is 0 Å². The minimum Gasteiger partial charge on any atom is -0.332 e. The number of benzene rings is 1. The molecule has 1 aromatic rings. The van der Waals surface area contributed by atoms with Crippen LogP contribution in [0.5, 0.6) is 0 Å². The molecule has 0 radical (unpaired) electrons. The predicted molar refractivity (Wildman–Crippen MR) is 93.3 cm³/mol. The largest absolute Gasteiger partial charge is 0.332 e. The molecule has 2 heterocycles. The lowest BCUT2D eigenvalue weighted by Crippen LogP contribution is -2.37. The first-order valence-electron chi connectivity index (χ1n) is 8.40. The molecule has 0 aliphatic carbocycles. The van der Waals surface area contributed by atoms with Crippen LogP contribution in [0.25, 0.3) is 0 Å². The quantitative estimate of drug-likeness (QED) is 0.778. The molecule has 3 rings (SSSR count). The van der Waals surface area contributed by atoms with Crippen molar-refractivity contribution in [3.63, 3.8) is 0 Å². The molecule has 2 atom stereocenters. The highest BCUT2D eigenvalue weighted by Gasteiger charge is 2.37. The number of carbonyl (C=O) groups is 1. The van der Waals surface area contributed by atoms with E-state index in [0.29, 0.717) is 5.02 Å². The van der Waals surface area contributed by atoms with E-state index < -0.39 is 0 Å². The Morgan fingerprint density at radius 3 is 2.70 bits per heavy atom. The van der Waals surface area contributed by atoms with Gasteiger partial charge < -0.3 is 9.80 Å². The van der Waals surface area contributed by atoms with Crippen molar-refractivity contribution in [2.75, 3.05) is 26.7 Å². The molecule has 1 aromatic carbocycles. The molecular weight excluding hydrogens is 308 g/mol. The van der Waals surface area contributed by atoms with Gasteiger partial charge in [-0.1, -0.05) is 42.0 Å². The fourth-order valence-electron chi connectivity index (χ4n) is 3.46. The van der Waals surface area contributed by atoms with Gasteiger partial charge in [-0.2, -0.15) is 0 Å². The molecule has 4 heteroatoms. The lowest BCUT2D eigenvalue weighted by atomic mass is 10.0. The summed E-state index contributed by atoms with van der Waals surface area (Å²) in [6, 6.07) is 7.57. The molecule has 23 heavy (non-hydrogen) atoms. The van der Waals surface area contributed by atoms with Crippen molar-refractivity contribution in [3.8, 4) is 11.8 Å². The van der Waals surface area contributed by atoms with Crippen LogP contribution in [-0.2, 0) is 4.79 Å². The second kappa shape index (κ2) is 7.38. The highest BCUT2D eigenvalue weighted by molar-refractivity contribution is 6.31. The Bertz CT molecular complexity index is 628. The van der Waals surface area contributed by atoms with E-state index in [0.717, 1.165) is 31.6 Å². The average Bonchev–Trinajstić information content (AvgIpc) is 2.83. The number of carbonyl (C=O) groups excluding carboxylic acids is 1. The lowest BCUT2D eigenvalue weighted by molar-refractivity contribution is -0.130. The molecule has 1 amide bonds. The first-order valence-corrected chi connectivity index (χ1v) is 8.78. The number of piperidine rings is 1. The Hall–Kier alpha value is -1.50. The minimum atomic E-state index is -0.00596. The Labute approximate surface area is 143 Å². The number of hydrogen-bond acceptors (Lipinski definition) is 2. The number of hydrogen-bond donors (Lipinski definition) is 0. The topological polar surface area (TPSA) is 23.6 Å². The van der Waals surface area contributed by atoms with Crippen LogP contribution in [0.2, 0.25) is 5.02 Å². The molecule has 2 saturated heterocycles. The summed E-state index contributed by atoms with van der Waals surface area (Å²) >= 11 is 6.14. The Morgan fingerprint density at radius 2 is 1.96 bits per heavy atom. The molecule has 0 spiro atoms. The highest BCUT2D eigenvalue weighted by atomic mass is 35.5. The fourth-order valence-corrected chi connectivity index (χ4v) is 3.64. The molecule has 0 aromatic heterocycles. The van der Waals surface area contributed by atoms with Gasteiger partial charge in [0.25, 0.3) is 0 Å². The first kappa shape index (κ1) is 16.4. The summed E-state index contributed by atoms with van der Waals surface area (Å²) in [6.07, 6.45) is 4.66. The zero-order chi connectivity index (χ0) is 16.2. The standard InChI is InChI=1S/C19H23ClN2O/c1-21-17(10-9-15-7-3-4-8-18(15)20)13-16(19(21)23)14-22-11-5-2-6-12-22/h3-4,7-8,16-17H,2,5-6,11-14H2,1H3/t16-,17-/m0/s1. The molecule has 3 nitrogen and oxygen atoms in total. The van der Waals surface area contributed by atoms with Crippen LogP contribution in [-0.4, -0.2) is 48.4 Å². The summed E-state index contributed by atoms with van der Waals surface area (Å²) in [6.45, 7) is 3.14. The van der Waals surface area contributed by atoms with Gasteiger partial charge in [-0.15, -0.1) is 0 Å². The van der Waals surface area contributed by atoms with Crippen LogP contribution < -0.4 is 0 Å². The van der Waals surface area contributed by atoms with Crippen molar-refractivity contribution in [3.05, 3.63) is 34.9 Å². The van der Waals surface area contributed by atoms with Crippen LogP contribution in [0.4, 0.5) is 0 Å². The zero-order valence-corrected chi connectivity index (χ0v) is 14.4. The molecule has 0 unspecified atom stereocenters. The van der Waals surface area contributed by atoms with Crippen LogP contribution in [0.3, 0.4) is 0 Å². The van der Waals surface area contributed by atoms with E-state index in [2.05, 4.69) is 16.7 Å². The lowest BCUT2D eigenvalue weighted by Gasteiger charge is -2.28. The fraction of sp³-hybridized carbons (Fsp3) is 0.526. The number of amides is 1. The summed E-state index contributed by atoms with van der Waals surface area (Å²) in [5, 5.41) is 0.664. The maximum Gasteiger partial charge on any atom is 0.227 e. The van der Waals surface area contributed by atoms with E-state index in [4.69, 9.17) is 11.6 Å². The van der Waals surface area contributed by atoms with Gasteiger partial charge in [0.2, 0.25) is 5.91 Å². The molecule has 0 N–H and O–H groups in total. The van der Waals surface area contributed by atoms with Crippen LogP contribution in [0, 0.1) is 17.8 Å². The van der Waals surface area contributed by atoms with Gasteiger partial charge >= 0.3 is 0 Å². The second-order valence-electron chi connectivity index (χ2n) is 6.51. The molecule has 2 aliphatic heterocycles. The van der Waals surface area contributed by atoms with Gasteiger partial charge in [0, 0.05) is 19.2 Å². The monoisotopic (exact) mass is 330 g/mol. The molecule has 2 aliphatic rings. The zero-order valence-electron chi connectivity index (χ0n) is 13.6. The number of halogens is 1. The maximum atomic E-state index is 12.5. The predicted octanol–water partition coefficient (Wildman–Crippen LogP) is 3.02. The SMILES string of the molecule is CN1C(=O)[C@H](CN2CCCCC2)C[C@@H]1C#Cc1ccccc1Cl. The van der Waals surface area contributed by atoms with E-state index in [1.165, 1.54) is 19.3 Å². The van der Waals surface area contributed by atoms with Crippen molar-refractivity contribution in [1.82, 2.24) is 9.80 Å². The van der Waals surface area contributed by atoms with Gasteiger partial charge in [-0.05, 0) is 44.5 Å². The molecule has 0 bridgehead atoms. The van der Waals surface area contributed by atoms with Crippen molar-refractivity contribution in [2.45, 2.75) is 31.7 Å². The van der Waals surface area contributed by atoms with Crippen LogP contribution >= 0.6 is 11.6 Å². The maximum absolute atomic E-state index is 12.5. The van der Waals surface area contributed by atoms with Crippen molar-refractivity contribution < 1.29 is 4.79 Å². The second-order valence-corrected chi connectivity index (χ2v) is 6.92.